The van der Waals surface area contributed by atoms with Gasteiger partial charge in [-0.3, -0.25) is 4.99 Å². The highest BCUT2D eigenvalue weighted by molar-refractivity contribution is 14.0. The zero-order valence-electron chi connectivity index (χ0n) is 18.2. The quantitative estimate of drug-likeness (QED) is 0.264. The summed E-state index contributed by atoms with van der Waals surface area (Å²) in [5, 5.41) is 9.89. The molecule has 2 heterocycles. The second-order valence-electron chi connectivity index (χ2n) is 7.99. The number of nitrogens with one attached hydrogen (secondary N) is 2. The van der Waals surface area contributed by atoms with E-state index < -0.39 is 0 Å². The molecule has 0 aliphatic rings. The van der Waals surface area contributed by atoms with Crippen molar-refractivity contribution in [3.05, 3.63) is 57.9 Å². The standard InChI is InChI=1S/C22H29N5OS.HI/c1-15-6-8-16(9-7-15)20-26-17(13-28-20)12-25-21(23-5)24-11-10-19-27-18(14-29-19)22(2,3)4;/h6-9,13-14H,10-12H2,1-5H3,(H2,23,24,25);1H. The molecule has 1 aromatic carbocycles. The molecule has 162 valence electrons. The van der Waals surface area contributed by atoms with E-state index in [9.17, 15) is 0 Å². The van der Waals surface area contributed by atoms with Crippen LogP contribution in [-0.4, -0.2) is 29.5 Å². The average molecular weight is 539 g/mol. The number of oxazole rings is 1. The molecule has 0 aliphatic heterocycles. The molecule has 0 fully saturated rings. The Balaban J connectivity index is 0.00000320. The van der Waals surface area contributed by atoms with Gasteiger partial charge in [0.15, 0.2) is 5.96 Å². The maximum Gasteiger partial charge on any atom is 0.226 e. The summed E-state index contributed by atoms with van der Waals surface area (Å²) in [5.74, 6) is 1.36. The van der Waals surface area contributed by atoms with Crippen molar-refractivity contribution in [1.82, 2.24) is 20.6 Å². The van der Waals surface area contributed by atoms with Gasteiger partial charge in [0, 0.05) is 36.4 Å². The smallest absolute Gasteiger partial charge is 0.226 e. The van der Waals surface area contributed by atoms with E-state index in [1.54, 1.807) is 24.6 Å². The van der Waals surface area contributed by atoms with Gasteiger partial charge in [-0.2, -0.15) is 0 Å². The molecule has 0 radical (unpaired) electrons. The number of aromatic nitrogens is 2. The molecule has 2 N–H and O–H groups in total. The predicted molar refractivity (Wildman–Crippen MR) is 135 cm³/mol. The third-order valence-corrected chi connectivity index (χ3v) is 5.37. The van der Waals surface area contributed by atoms with Gasteiger partial charge in [0.2, 0.25) is 5.89 Å². The highest BCUT2D eigenvalue weighted by atomic mass is 127. The first-order valence-corrected chi connectivity index (χ1v) is 10.6. The van der Waals surface area contributed by atoms with E-state index in [1.165, 1.54) is 5.56 Å². The Bertz CT molecular complexity index is 957. The lowest BCUT2D eigenvalue weighted by molar-refractivity contribution is 0.570. The first kappa shape index (κ1) is 24.3. The Morgan fingerprint density at radius 3 is 2.50 bits per heavy atom. The molecule has 0 saturated carbocycles. The molecule has 0 bridgehead atoms. The minimum atomic E-state index is 0. The second kappa shape index (κ2) is 10.9. The number of benzene rings is 1. The number of hydrogen-bond donors (Lipinski definition) is 2. The monoisotopic (exact) mass is 539 g/mol. The maximum absolute atomic E-state index is 5.61. The Labute approximate surface area is 199 Å². The van der Waals surface area contributed by atoms with Gasteiger partial charge in [0.05, 0.1) is 22.9 Å². The van der Waals surface area contributed by atoms with Crippen molar-refractivity contribution >= 4 is 41.3 Å². The fourth-order valence-corrected chi connectivity index (χ4v) is 3.69. The van der Waals surface area contributed by atoms with E-state index in [-0.39, 0.29) is 29.4 Å². The van der Waals surface area contributed by atoms with Crippen LogP contribution in [0, 0.1) is 6.92 Å². The lowest BCUT2D eigenvalue weighted by Crippen LogP contribution is -2.37. The first-order chi connectivity index (χ1) is 13.8. The second-order valence-corrected chi connectivity index (χ2v) is 8.93. The molecule has 0 saturated heterocycles. The molecule has 0 atom stereocenters. The molecule has 8 heteroatoms. The number of nitrogens with zero attached hydrogens (tertiary/aromatic N) is 3. The Morgan fingerprint density at radius 1 is 1.13 bits per heavy atom. The molecule has 0 aliphatic carbocycles. The van der Waals surface area contributed by atoms with Gasteiger partial charge in [-0.05, 0) is 19.1 Å². The predicted octanol–water partition coefficient (Wildman–Crippen LogP) is 4.93. The third kappa shape index (κ3) is 6.80. The maximum atomic E-state index is 5.61. The summed E-state index contributed by atoms with van der Waals surface area (Å²) in [5.41, 5.74) is 4.26. The fraction of sp³-hybridized carbons (Fsp3) is 0.409. The summed E-state index contributed by atoms with van der Waals surface area (Å²) in [4.78, 5) is 13.6. The van der Waals surface area contributed by atoms with Crippen LogP contribution in [0.5, 0.6) is 0 Å². The highest BCUT2D eigenvalue weighted by Crippen LogP contribution is 2.24. The van der Waals surface area contributed by atoms with Gasteiger partial charge in [0.1, 0.15) is 6.26 Å². The lowest BCUT2D eigenvalue weighted by Gasteiger charge is -2.14. The molecular weight excluding hydrogens is 509 g/mol. The van der Waals surface area contributed by atoms with Crippen LogP contribution in [-0.2, 0) is 18.4 Å². The topological polar surface area (TPSA) is 75.3 Å². The SMILES string of the molecule is CN=C(NCCc1nc(C(C)(C)C)cs1)NCc1coc(-c2ccc(C)cc2)n1.I. The molecular formula is C22H30IN5OS. The van der Waals surface area contributed by atoms with Crippen LogP contribution in [0.1, 0.15) is 42.7 Å². The highest BCUT2D eigenvalue weighted by Gasteiger charge is 2.17. The van der Waals surface area contributed by atoms with E-state index in [1.807, 2.05) is 12.1 Å². The summed E-state index contributed by atoms with van der Waals surface area (Å²) in [7, 11) is 1.76. The van der Waals surface area contributed by atoms with Gasteiger partial charge < -0.3 is 15.1 Å². The van der Waals surface area contributed by atoms with E-state index >= 15 is 0 Å². The van der Waals surface area contributed by atoms with E-state index in [4.69, 9.17) is 9.40 Å². The third-order valence-electron chi connectivity index (χ3n) is 4.46. The number of hydrogen-bond acceptors (Lipinski definition) is 5. The number of aliphatic imine (C=N–C) groups is 1. The zero-order valence-corrected chi connectivity index (χ0v) is 21.3. The molecule has 3 aromatic rings. The lowest BCUT2D eigenvalue weighted by atomic mass is 9.93. The van der Waals surface area contributed by atoms with Crippen molar-refractivity contribution in [1.29, 1.82) is 0 Å². The summed E-state index contributed by atoms with van der Waals surface area (Å²) < 4.78 is 5.61. The minimum Gasteiger partial charge on any atom is -0.444 e. The summed E-state index contributed by atoms with van der Waals surface area (Å²) in [6.07, 6.45) is 2.54. The zero-order chi connectivity index (χ0) is 20.9. The van der Waals surface area contributed by atoms with Gasteiger partial charge in [-0.1, -0.05) is 38.5 Å². The van der Waals surface area contributed by atoms with Gasteiger partial charge in [-0.25, -0.2) is 9.97 Å². The van der Waals surface area contributed by atoms with Crippen LogP contribution >= 0.6 is 35.3 Å². The van der Waals surface area contributed by atoms with Crippen molar-refractivity contribution in [3.63, 3.8) is 0 Å². The molecule has 6 nitrogen and oxygen atoms in total. The van der Waals surface area contributed by atoms with E-state index in [2.05, 4.69) is 65.8 Å². The van der Waals surface area contributed by atoms with Crippen LogP contribution in [0.25, 0.3) is 11.5 Å². The van der Waals surface area contributed by atoms with E-state index in [0.29, 0.717) is 12.4 Å². The number of thiazole rings is 1. The molecule has 3 rings (SSSR count). The normalized spacial score (nSPS) is 11.8. The Morgan fingerprint density at radius 2 is 1.87 bits per heavy atom. The van der Waals surface area contributed by atoms with Gasteiger partial charge >= 0.3 is 0 Å². The van der Waals surface area contributed by atoms with Gasteiger partial charge in [0.25, 0.3) is 0 Å². The van der Waals surface area contributed by atoms with Crippen molar-refractivity contribution in [3.8, 4) is 11.5 Å². The molecule has 2 aromatic heterocycles. The van der Waals surface area contributed by atoms with Gasteiger partial charge in [-0.15, -0.1) is 35.3 Å². The number of aryl methyl sites for hydroxylation is 1. The molecule has 0 unspecified atom stereocenters. The fourth-order valence-electron chi connectivity index (χ4n) is 2.67. The van der Waals surface area contributed by atoms with Crippen LogP contribution < -0.4 is 10.6 Å². The minimum absolute atomic E-state index is 0. The molecule has 0 amide bonds. The number of rotatable bonds is 6. The summed E-state index contributed by atoms with van der Waals surface area (Å²) in [6, 6.07) is 8.14. The number of guanidine groups is 1. The van der Waals surface area contributed by atoms with Crippen molar-refractivity contribution in [2.24, 2.45) is 4.99 Å². The largest absolute Gasteiger partial charge is 0.444 e. The summed E-state index contributed by atoms with van der Waals surface area (Å²) in [6.45, 7) is 9.92. The van der Waals surface area contributed by atoms with Crippen molar-refractivity contribution in [2.75, 3.05) is 13.6 Å². The van der Waals surface area contributed by atoms with Crippen LogP contribution in [0.3, 0.4) is 0 Å². The Kier molecular flexibility index (Phi) is 8.84. The Hall–Kier alpha value is -1.94. The van der Waals surface area contributed by atoms with Crippen LogP contribution in [0.4, 0.5) is 0 Å². The van der Waals surface area contributed by atoms with Crippen LogP contribution in [0.2, 0.25) is 0 Å². The molecule has 30 heavy (non-hydrogen) atoms. The van der Waals surface area contributed by atoms with Crippen molar-refractivity contribution in [2.45, 2.75) is 46.1 Å². The van der Waals surface area contributed by atoms with Crippen molar-refractivity contribution < 1.29 is 4.42 Å². The van der Waals surface area contributed by atoms with Crippen LogP contribution in [0.15, 0.2) is 45.3 Å². The first-order valence-electron chi connectivity index (χ1n) is 9.76. The summed E-state index contributed by atoms with van der Waals surface area (Å²) >= 11 is 1.71. The number of halogens is 1. The van der Waals surface area contributed by atoms with E-state index in [0.717, 1.165) is 40.9 Å². The average Bonchev–Trinajstić information content (AvgIpc) is 3.34. The molecule has 0 spiro atoms.